The maximum Gasteiger partial charge on any atom is 0.251 e. The third-order valence-electron chi connectivity index (χ3n) is 3.24. The molecule has 1 amide bonds. The molecule has 110 valence electrons. The summed E-state index contributed by atoms with van der Waals surface area (Å²) in [7, 11) is -2.01. The molecule has 1 heterocycles. The van der Waals surface area contributed by atoms with Crippen LogP contribution in [0.3, 0.4) is 0 Å². The van der Waals surface area contributed by atoms with E-state index in [4.69, 9.17) is 4.74 Å². The molecule has 6 nitrogen and oxygen atoms in total. The Bertz CT molecular complexity index is 563. The van der Waals surface area contributed by atoms with Crippen molar-refractivity contribution in [1.29, 1.82) is 0 Å². The van der Waals surface area contributed by atoms with Crippen LogP contribution in [0.5, 0.6) is 0 Å². The van der Waals surface area contributed by atoms with Crippen LogP contribution in [-0.4, -0.2) is 41.1 Å². The van der Waals surface area contributed by atoms with Crippen LogP contribution in [-0.2, 0) is 14.8 Å². The number of amides is 1. The van der Waals surface area contributed by atoms with Gasteiger partial charge in [0, 0.05) is 25.8 Å². The first kappa shape index (κ1) is 15.0. The van der Waals surface area contributed by atoms with E-state index in [-0.39, 0.29) is 16.7 Å². The highest BCUT2D eigenvalue weighted by Gasteiger charge is 2.20. The molecule has 0 radical (unpaired) electrons. The number of benzene rings is 1. The lowest BCUT2D eigenvalue weighted by molar-refractivity contribution is 0.0963. The monoisotopic (exact) mass is 298 g/mol. The van der Waals surface area contributed by atoms with Gasteiger partial charge in [0.15, 0.2) is 0 Å². The van der Waals surface area contributed by atoms with E-state index in [1.165, 1.54) is 31.3 Å². The van der Waals surface area contributed by atoms with Gasteiger partial charge < -0.3 is 10.1 Å². The van der Waals surface area contributed by atoms with E-state index in [0.29, 0.717) is 25.3 Å². The molecule has 1 saturated heterocycles. The molecule has 0 bridgehead atoms. The standard InChI is InChI=1S/C13H18N2O4S/c1-14-13(16)11-2-4-12(5-3-11)20(17,18)15-8-10-6-7-19-9-10/h2-5,10,15H,6-9H2,1H3,(H,14,16)/t10-/m0/s1. The number of sulfonamides is 1. The third kappa shape index (κ3) is 3.56. The van der Waals surface area contributed by atoms with Gasteiger partial charge in [0.1, 0.15) is 0 Å². The van der Waals surface area contributed by atoms with Crippen molar-refractivity contribution in [3.8, 4) is 0 Å². The first-order valence-electron chi connectivity index (χ1n) is 6.42. The van der Waals surface area contributed by atoms with E-state index in [1.54, 1.807) is 0 Å². The molecule has 0 aliphatic carbocycles. The van der Waals surface area contributed by atoms with Crippen molar-refractivity contribution in [3.63, 3.8) is 0 Å². The minimum Gasteiger partial charge on any atom is -0.381 e. The molecular weight excluding hydrogens is 280 g/mol. The van der Waals surface area contributed by atoms with Gasteiger partial charge in [-0.1, -0.05) is 0 Å². The van der Waals surface area contributed by atoms with Gasteiger partial charge in [-0.3, -0.25) is 4.79 Å². The lowest BCUT2D eigenvalue weighted by atomic mass is 10.1. The van der Waals surface area contributed by atoms with Gasteiger partial charge in [0.25, 0.3) is 5.91 Å². The second-order valence-corrected chi connectivity index (χ2v) is 6.45. The Balaban J connectivity index is 2.03. The fourth-order valence-electron chi connectivity index (χ4n) is 1.99. The number of nitrogens with one attached hydrogen (secondary N) is 2. The smallest absolute Gasteiger partial charge is 0.251 e. The zero-order valence-corrected chi connectivity index (χ0v) is 12.1. The van der Waals surface area contributed by atoms with E-state index in [0.717, 1.165) is 6.42 Å². The van der Waals surface area contributed by atoms with Gasteiger partial charge in [-0.15, -0.1) is 0 Å². The van der Waals surface area contributed by atoms with Crippen molar-refractivity contribution in [1.82, 2.24) is 10.0 Å². The minimum absolute atomic E-state index is 0.157. The van der Waals surface area contributed by atoms with Gasteiger partial charge in [-0.2, -0.15) is 0 Å². The summed E-state index contributed by atoms with van der Waals surface area (Å²) >= 11 is 0. The Morgan fingerprint density at radius 1 is 1.35 bits per heavy atom. The normalized spacial score (nSPS) is 18.9. The summed E-state index contributed by atoms with van der Waals surface area (Å²) in [5.41, 5.74) is 0.427. The predicted molar refractivity (Wildman–Crippen MR) is 73.9 cm³/mol. The SMILES string of the molecule is CNC(=O)c1ccc(S(=O)(=O)NC[C@@H]2CCOC2)cc1. The van der Waals surface area contributed by atoms with Crippen LogP contribution in [0.2, 0.25) is 0 Å². The summed E-state index contributed by atoms with van der Waals surface area (Å²) in [4.78, 5) is 11.5. The number of ether oxygens (including phenoxy) is 1. The second-order valence-electron chi connectivity index (χ2n) is 4.69. The topological polar surface area (TPSA) is 84.5 Å². The van der Waals surface area contributed by atoms with Gasteiger partial charge in [-0.25, -0.2) is 13.1 Å². The van der Waals surface area contributed by atoms with Crippen molar-refractivity contribution in [2.45, 2.75) is 11.3 Å². The average molecular weight is 298 g/mol. The molecule has 1 aromatic rings. The largest absolute Gasteiger partial charge is 0.381 e. The van der Waals surface area contributed by atoms with Crippen LogP contribution in [0.15, 0.2) is 29.2 Å². The molecule has 2 rings (SSSR count). The Morgan fingerprint density at radius 3 is 2.60 bits per heavy atom. The van der Waals surface area contributed by atoms with Crippen LogP contribution < -0.4 is 10.0 Å². The van der Waals surface area contributed by atoms with Crippen LogP contribution in [0.25, 0.3) is 0 Å². The summed E-state index contributed by atoms with van der Waals surface area (Å²) in [6, 6.07) is 5.84. The molecule has 2 N–H and O–H groups in total. The van der Waals surface area contributed by atoms with Gasteiger partial charge in [0.2, 0.25) is 10.0 Å². The third-order valence-corrected chi connectivity index (χ3v) is 4.68. The van der Waals surface area contributed by atoms with Gasteiger partial charge >= 0.3 is 0 Å². The van der Waals surface area contributed by atoms with Gasteiger partial charge in [-0.05, 0) is 36.6 Å². The Hall–Kier alpha value is -1.44. The predicted octanol–water partition coefficient (Wildman–Crippen LogP) is 0.361. The maximum absolute atomic E-state index is 12.1. The Morgan fingerprint density at radius 2 is 2.05 bits per heavy atom. The Labute approximate surface area is 118 Å². The maximum atomic E-state index is 12.1. The summed E-state index contributed by atoms with van der Waals surface area (Å²) < 4.78 is 31.9. The van der Waals surface area contributed by atoms with E-state index in [1.807, 2.05) is 0 Å². The molecular formula is C13H18N2O4S. The molecule has 1 atom stereocenters. The molecule has 1 aliphatic rings. The molecule has 0 spiro atoms. The molecule has 0 aromatic heterocycles. The molecule has 1 aromatic carbocycles. The zero-order valence-electron chi connectivity index (χ0n) is 11.3. The lowest BCUT2D eigenvalue weighted by Gasteiger charge is -2.10. The fourth-order valence-corrected chi connectivity index (χ4v) is 3.10. The molecule has 7 heteroatoms. The van der Waals surface area contributed by atoms with E-state index >= 15 is 0 Å². The average Bonchev–Trinajstić information content (AvgIpc) is 2.98. The highest BCUT2D eigenvalue weighted by Crippen LogP contribution is 2.14. The van der Waals surface area contributed by atoms with Crippen molar-refractivity contribution in [2.24, 2.45) is 5.92 Å². The summed E-state index contributed by atoms with van der Waals surface area (Å²) in [6.45, 7) is 1.66. The number of rotatable bonds is 5. The van der Waals surface area contributed by atoms with E-state index < -0.39 is 10.0 Å². The summed E-state index contributed by atoms with van der Waals surface area (Å²) in [6.07, 6.45) is 0.873. The molecule has 20 heavy (non-hydrogen) atoms. The van der Waals surface area contributed by atoms with Crippen molar-refractivity contribution < 1.29 is 17.9 Å². The van der Waals surface area contributed by atoms with Crippen LogP contribution >= 0.6 is 0 Å². The van der Waals surface area contributed by atoms with Crippen LogP contribution in [0.4, 0.5) is 0 Å². The van der Waals surface area contributed by atoms with Crippen LogP contribution in [0, 0.1) is 5.92 Å². The highest BCUT2D eigenvalue weighted by molar-refractivity contribution is 7.89. The number of carbonyl (C=O) groups excluding carboxylic acids is 1. The number of carbonyl (C=O) groups is 1. The lowest BCUT2D eigenvalue weighted by Crippen LogP contribution is -2.29. The first-order valence-corrected chi connectivity index (χ1v) is 7.91. The second kappa shape index (κ2) is 6.34. The minimum atomic E-state index is -3.53. The molecule has 0 unspecified atom stereocenters. The van der Waals surface area contributed by atoms with Crippen molar-refractivity contribution >= 4 is 15.9 Å². The number of hydrogen-bond donors (Lipinski definition) is 2. The molecule has 1 aliphatic heterocycles. The van der Waals surface area contributed by atoms with Crippen LogP contribution in [0.1, 0.15) is 16.8 Å². The molecule has 0 saturated carbocycles. The van der Waals surface area contributed by atoms with Crippen molar-refractivity contribution in [3.05, 3.63) is 29.8 Å². The van der Waals surface area contributed by atoms with Crippen molar-refractivity contribution in [2.75, 3.05) is 26.8 Å². The zero-order chi connectivity index (χ0) is 14.6. The van der Waals surface area contributed by atoms with E-state index in [2.05, 4.69) is 10.0 Å². The van der Waals surface area contributed by atoms with E-state index in [9.17, 15) is 13.2 Å². The quantitative estimate of drug-likeness (QED) is 0.822. The first-order chi connectivity index (χ1) is 9.53. The highest BCUT2D eigenvalue weighted by atomic mass is 32.2. The Kier molecular flexibility index (Phi) is 4.74. The summed E-state index contributed by atoms with van der Waals surface area (Å²) in [5, 5.41) is 2.48. The number of hydrogen-bond acceptors (Lipinski definition) is 4. The fraction of sp³-hybridized carbons (Fsp3) is 0.462. The summed E-state index contributed by atoms with van der Waals surface area (Å²) in [5.74, 6) is -0.0140. The molecule has 1 fully saturated rings. The van der Waals surface area contributed by atoms with Gasteiger partial charge in [0.05, 0.1) is 11.5 Å².